The van der Waals surface area contributed by atoms with Gasteiger partial charge < -0.3 is 25.0 Å². The topological polar surface area (TPSA) is 101 Å². The first-order valence-corrected chi connectivity index (χ1v) is 13.8. The second kappa shape index (κ2) is 11.4. The number of aryl methyl sites for hydroxylation is 1. The molecule has 0 saturated carbocycles. The van der Waals surface area contributed by atoms with Gasteiger partial charge in [0.2, 0.25) is 0 Å². The molecule has 5 rings (SSSR count). The number of urea groups is 1. The summed E-state index contributed by atoms with van der Waals surface area (Å²) in [6.07, 6.45) is 2.45. The Morgan fingerprint density at radius 2 is 1.75 bits per heavy atom. The van der Waals surface area contributed by atoms with E-state index in [-0.39, 0.29) is 18.2 Å². The molecule has 11 heteroatoms. The largest absolute Gasteiger partial charge is 0.492 e. The van der Waals surface area contributed by atoms with Crippen LogP contribution in [0.1, 0.15) is 27.2 Å². The SMILES string of the molecule is Cn1nccc1-c1cc(NC(=O)Nc2ccc(Cl)cc2)ccc1OCCN1CC2CC1CN2C(=O)OC(C)(C)C. The van der Waals surface area contributed by atoms with Crippen LogP contribution in [0.2, 0.25) is 5.02 Å². The lowest BCUT2D eigenvalue weighted by Crippen LogP contribution is -2.50. The van der Waals surface area contributed by atoms with Crippen molar-refractivity contribution in [1.29, 1.82) is 0 Å². The summed E-state index contributed by atoms with van der Waals surface area (Å²) >= 11 is 5.93. The van der Waals surface area contributed by atoms with Crippen LogP contribution >= 0.6 is 11.6 Å². The number of carbonyl (C=O) groups is 2. The number of aromatic nitrogens is 2. The number of piperazine rings is 1. The first-order chi connectivity index (χ1) is 19.1. The zero-order chi connectivity index (χ0) is 28.4. The molecule has 2 fully saturated rings. The predicted octanol–water partition coefficient (Wildman–Crippen LogP) is 5.46. The number of fused-ring (bicyclic) bond motifs is 2. The van der Waals surface area contributed by atoms with Gasteiger partial charge in [-0.25, -0.2) is 9.59 Å². The lowest BCUT2D eigenvalue weighted by Gasteiger charge is -2.35. The van der Waals surface area contributed by atoms with Gasteiger partial charge in [-0.1, -0.05) is 11.6 Å². The summed E-state index contributed by atoms with van der Waals surface area (Å²) in [6.45, 7) is 8.40. The summed E-state index contributed by atoms with van der Waals surface area (Å²) in [5, 5.41) is 10.6. The van der Waals surface area contributed by atoms with Crippen molar-refractivity contribution in [3.63, 3.8) is 0 Å². The fourth-order valence-electron chi connectivity index (χ4n) is 5.24. The first kappa shape index (κ1) is 27.8. The molecule has 2 bridgehead atoms. The average molecular weight is 567 g/mol. The number of hydrogen-bond donors (Lipinski definition) is 2. The van der Waals surface area contributed by atoms with E-state index in [2.05, 4.69) is 20.6 Å². The monoisotopic (exact) mass is 566 g/mol. The Morgan fingerprint density at radius 1 is 1.02 bits per heavy atom. The minimum Gasteiger partial charge on any atom is -0.492 e. The molecule has 212 valence electrons. The molecule has 3 amide bonds. The lowest BCUT2D eigenvalue weighted by atomic mass is 10.1. The number of hydrogen-bond acceptors (Lipinski definition) is 6. The Labute approximate surface area is 239 Å². The molecule has 1 aromatic heterocycles. The molecular formula is C29H35ClN6O4. The van der Waals surface area contributed by atoms with Gasteiger partial charge in [0.15, 0.2) is 0 Å². The molecule has 2 aromatic carbocycles. The maximum Gasteiger partial charge on any atom is 0.410 e. The number of ether oxygens (including phenoxy) is 2. The van der Waals surface area contributed by atoms with Crippen LogP contribution in [-0.4, -0.2) is 75.6 Å². The quantitative estimate of drug-likeness (QED) is 0.394. The minimum atomic E-state index is -0.496. The fraction of sp³-hybridized carbons (Fsp3) is 0.414. The molecule has 2 aliphatic heterocycles. The summed E-state index contributed by atoms with van der Waals surface area (Å²) < 4.78 is 13.6. The van der Waals surface area contributed by atoms with Gasteiger partial charge >= 0.3 is 12.1 Å². The van der Waals surface area contributed by atoms with Crippen LogP contribution < -0.4 is 15.4 Å². The number of anilines is 2. The highest BCUT2D eigenvalue weighted by Crippen LogP contribution is 2.34. The van der Waals surface area contributed by atoms with Gasteiger partial charge in [0.1, 0.15) is 18.0 Å². The van der Waals surface area contributed by atoms with Crippen LogP contribution in [-0.2, 0) is 11.8 Å². The van der Waals surface area contributed by atoms with Crippen LogP contribution in [0, 0.1) is 0 Å². The summed E-state index contributed by atoms with van der Waals surface area (Å²) in [7, 11) is 1.86. The van der Waals surface area contributed by atoms with Crippen LogP contribution in [0.4, 0.5) is 21.0 Å². The maximum absolute atomic E-state index is 12.6. The number of benzene rings is 2. The molecule has 0 radical (unpaired) electrons. The van der Waals surface area contributed by atoms with E-state index in [4.69, 9.17) is 21.1 Å². The molecule has 2 N–H and O–H groups in total. The molecular weight excluding hydrogens is 532 g/mol. The predicted molar refractivity (Wildman–Crippen MR) is 155 cm³/mol. The highest BCUT2D eigenvalue weighted by Gasteiger charge is 2.46. The second-order valence-corrected chi connectivity index (χ2v) is 11.6. The van der Waals surface area contributed by atoms with E-state index in [1.807, 2.05) is 57.0 Å². The van der Waals surface area contributed by atoms with E-state index in [1.54, 1.807) is 35.1 Å². The van der Waals surface area contributed by atoms with Crippen LogP contribution in [0.3, 0.4) is 0 Å². The Bertz CT molecular complexity index is 1370. The van der Waals surface area contributed by atoms with E-state index in [1.165, 1.54) is 0 Å². The van der Waals surface area contributed by atoms with Crippen LogP contribution in [0.15, 0.2) is 54.7 Å². The third kappa shape index (κ3) is 6.51. The van der Waals surface area contributed by atoms with E-state index < -0.39 is 5.60 Å². The molecule has 2 unspecified atom stereocenters. The molecule has 2 saturated heterocycles. The Hall–Kier alpha value is -3.76. The van der Waals surface area contributed by atoms with Crippen molar-refractivity contribution in [3.8, 4) is 17.0 Å². The number of amides is 3. The van der Waals surface area contributed by atoms with Gasteiger partial charge in [0.25, 0.3) is 0 Å². The van der Waals surface area contributed by atoms with Gasteiger partial charge in [-0.2, -0.15) is 5.10 Å². The fourth-order valence-corrected chi connectivity index (χ4v) is 5.36. The smallest absolute Gasteiger partial charge is 0.410 e. The van der Waals surface area contributed by atoms with Crippen molar-refractivity contribution in [2.24, 2.45) is 7.05 Å². The Morgan fingerprint density at radius 3 is 2.40 bits per heavy atom. The summed E-state index contributed by atoms with van der Waals surface area (Å²) in [4.78, 5) is 29.4. The first-order valence-electron chi connectivity index (χ1n) is 13.4. The molecule has 3 aromatic rings. The number of nitrogens with zero attached hydrogens (tertiary/aromatic N) is 4. The third-order valence-corrected chi connectivity index (χ3v) is 7.31. The summed E-state index contributed by atoms with van der Waals surface area (Å²) in [6, 6.07) is 14.5. The molecule has 0 spiro atoms. The molecule has 40 heavy (non-hydrogen) atoms. The zero-order valence-corrected chi connectivity index (χ0v) is 23.9. The van der Waals surface area contributed by atoms with Gasteiger partial charge in [0, 0.05) is 66.9 Å². The van der Waals surface area contributed by atoms with Crippen molar-refractivity contribution in [3.05, 3.63) is 59.8 Å². The van der Waals surface area contributed by atoms with E-state index >= 15 is 0 Å². The molecule has 0 aliphatic carbocycles. The summed E-state index contributed by atoms with van der Waals surface area (Å²) in [5.41, 5.74) is 2.45. The molecule has 2 atom stereocenters. The zero-order valence-electron chi connectivity index (χ0n) is 23.2. The van der Waals surface area contributed by atoms with Crippen LogP contribution in [0.5, 0.6) is 5.75 Å². The van der Waals surface area contributed by atoms with E-state index in [0.717, 1.165) is 30.8 Å². The number of halogens is 1. The standard InChI is InChI=1S/C29H35ClN6O4/c1-29(2,3)40-28(38)36-18-22-16-23(36)17-35(22)13-14-39-26-10-9-21(15-24(26)25-11-12-31-34(25)4)33-27(37)32-20-7-5-19(30)6-8-20/h5-12,15,22-23H,13-14,16-18H2,1-4H3,(H2,32,33,37). The van der Waals surface area contributed by atoms with Crippen molar-refractivity contribution in [2.45, 2.75) is 44.9 Å². The van der Waals surface area contributed by atoms with Gasteiger partial charge in [0.05, 0.1) is 5.69 Å². The average Bonchev–Trinajstić information content (AvgIpc) is 3.61. The van der Waals surface area contributed by atoms with Crippen LogP contribution in [0.25, 0.3) is 11.3 Å². The van der Waals surface area contributed by atoms with Gasteiger partial charge in [-0.3, -0.25) is 9.58 Å². The highest BCUT2D eigenvalue weighted by molar-refractivity contribution is 6.30. The number of carbonyl (C=O) groups excluding carboxylic acids is 2. The molecule has 3 heterocycles. The normalized spacial score (nSPS) is 18.6. The van der Waals surface area contributed by atoms with Crippen molar-refractivity contribution in [1.82, 2.24) is 19.6 Å². The van der Waals surface area contributed by atoms with Gasteiger partial charge in [-0.05, 0) is 75.7 Å². The highest BCUT2D eigenvalue weighted by atomic mass is 35.5. The lowest BCUT2D eigenvalue weighted by molar-refractivity contribution is 0.0122. The van der Waals surface area contributed by atoms with Gasteiger partial charge in [-0.15, -0.1) is 0 Å². The number of likely N-dealkylation sites (tertiary alicyclic amines) is 2. The Balaban J connectivity index is 1.20. The maximum atomic E-state index is 12.6. The molecule has 2 aliphatic rings. The second-order valence-electron chi connectivity index (χ2n) is 11.2. The van der Waals surface area contributed by atoms with Crippen molar-refractivity contribution in [2.75, 3.05) is 36.9 Å². The minimum absolute atomic E-state index is 0.175. The molecule has 10 nitrogen and oxygen atoms in total. The number of nitrogens with one attached hydrogen (secondary N) is 2. The van der Waals surface area contributed by atoms with Crippen molar-refractivity contribution >= 4 is 35.1 Å². The Kier molecular flexibility index (Phi) is 7.91. The van der Waals surface area contributed by atoms with Crippen molar-refractivity contribution < 1.29 is 19.1 Å². The number of rotatable bonds is 7. The van der Waals surface area contributed by atoms with E-state index in [0.29, 0.717) is 41.3 Å². The van der Waals surface area contributed by atoms with E-state index in [9.17, 15) is 9.59 Å². The summed E-state index contributed by atoms with van der Waals surface area (Å²) in [5.74, 6) is 0.701. The third-order valence-electron chi connectivity index (χ3n) is 7.05.